The minimum absolute atomic E-state index is 0.0966. The Kier molecular flexibility index (Phi) is 5.55. The molecule has 1 aliphatic heterocycles. The molecule has 1 aromatic heterocycles. The van der Waals surface area contributed by atoms with Crippen LogP contribution < -0.4 is 10.0 Å². The second-order valence-corrected chi connectivity index (χ2v) is 7.76. The summed E-state index contributed by atoms with van der Waals surface area (Å²) in [6.45, 7) is 1.13. The van der Waals surface area contributed by atoms with E-state index in [9.17, 15) is 13.2 Å². The monoisotopic (exact) mass is 379 g/mol. The molecule has 1 unspecified atom stereocenters. The highest BCUT2D eigenvalue weighted by molar-refractivity contribution is 7.88. The standard InChI is InChI=1S/C16H21N5O4S/c1-26(23,24)18-11-14-12-25-10-9-21(14)16(22)19-15-17-7-8-20(15)13-5-3-2-4-6-13/h2-8,14,18H,9-12H2,1H3,(H,17,19,22). The van der Waals surface area contributed by atoms with Crippen molar-refractivity contribution in [2.24, 2.45) is 0 Å². The average molecular weight is 379 g/mol. The van der Waals surface area contributed by atoms with Gasteiger partial charge in [-0.1, -0.05) is 18.2 Å². The molecular weight excluding hydrogens is 358 g/mol. The lowest BCUT2D eigenvalue weighted by molar-refractivity contribution is 0.0175. The number of urea groups is 1. The molecule has 0 aliphatic carbocycles. The largest absolute Gasteiger partial charge is 0.377 e. The molecule has 1 fully saturated rings. The number of amides is 2. The van der Waals surface area contributed by atoms with Crippen molar-refractivity contribution in [3.8, 4) is 5.69 Å². The molecule has 1 saturated heterocycles. The van der Waals surface area contributed by atoms with E-state index in [1.807, 2.05) is 30.3 Å². The van der Waals surface area contributed by atoms with Crippen LogP contribution in [0.3, 0.4) is 0 Å². The van der Waals surface area contributed by atoms with Gasteiger partial charge in [-0.25, -0.2) is 22.9 Å². The molecule has 2 amide bonds. The van der Waals surface area contributed by atoms with Gasteiger partial charge in [0.25, 0.3) is 0 Å². The van der Waals surface area contributed by atoms with Crippen LogP contribution in [0.15, 0.2) is 42.7 Å². The predicted octanol–water partition coefficient (Wildman–Crippen LogP) is 0.654. The number of nitrogens with one attached hydrogen (secondary N) is 2. The predicted molar refractivity (Wildman–Crippen MR) is 96.7 cm³/mol. The van der Waals surface area contributed by atoms with Gasteiger partial charge in [0, 0.05) is 31.2 Å². The molecule has 2 aromatic rings. The van der Waals surface area contributed by atoms with Gasteiger partial charge in [0.1, 0.15) is 0 Å². The maximum absolute atomic E-state index is 12.7. The van der Waals surface area contributed by atoms with Crippen molar-refractivity contribution >= 4 is 22.0 Å². The Morgan fingerprint density at radius 2 is 2.12 bits per heavy atom. The number of anilines is 1. The van der Waals surface area contributed by atoms with Gasteiger partial charge in [-0.05, 0) is 12.1 Å². The van der Waals surface area contributed by atoms with Crippen LogP contribution in [0.5, 0.6) is 0 Å². The summed E-state index contributed by atoms with van der Waals surface area (Å²) in [5.41, 5.74) is 0.873. The lowest BCUT2D eigenvalue weighted by Crippen LogP contribution is -2.54. The number of para-hydroxylation sites is 1. The van der Waals surface area contributed by atoms with E-state index in [2.05, 4.69) is 15.0 Å². The summed E-state index contributed by atoms with van der Waals surface area (Å²) in [5, 5.41) is 2.79. The van der Waals surface area contributed by atoms with E-state index in [0.717, 1.165) is 11.9 Å². The van der Waals surface area contributed by atoms with Crippen LogP contribution >= 0.6 is 0 Å². The molecule has 0 bridgehead atoms. The van der Waals surface area contributed by atoms with Gasteiger partial charge < -0.3 is 9.64 Å². The molecule has 2 N–H and O–H groups in total. The topological polar surface area (TPSA) is 106 Å². The maximum Gasteiger partial charge on any atom is 0.324 e. The van der Waals surface area contributed by atoms with Crippen molar-refractivity contribution in [2.75, 3.05) is 37.9 Å². The highest BCUT2D eigenvalue weighted by Crippen LogP contribution is 2.15. The molecule has 140 valence electrons. The van der Waals surface area contributed by atoms with Crippen LogP contribution in [0.25, 0.3) is 5.69 Å². The number of benzene rings is 1. The van der Waals surface area contributed by atoms with Crippen LogP contribution in [0.2, 0.25) is 0 Å². The Hall–Kier alpha value is -2.43. The number of morpholine rings is 1. The quantitative estimate of drug-likeness (QED) is 0.794. The zero-order chi connectivity index (χ0) is 18.6. The molecule has 0 saturated carbocycles. The second kappa shape index (κ2) is 7.85. The first-order valence-electron chi connectivity index (χ1n) is 8.13. The zero-order valence-corrected chi connectivity index (χ0v) is 15.1. The van der Waals surface area contributed by atoms with Crippen LogP contribution in [0, 0.1) is 0 Å². The number of aromatic nitrogens is 2. The summed E-state index contributed by atoms with van der Waals surface area (Å²) in [6.07, 6.45) is 4.44. The zero-order valence-electron chi connectivity index (χ0n) is 14.3. The van der Waals surface area contributed by atoms with E-state index in [0.29, 0.717) is 19.1 Å². The fourth-order valence-corrected chi connectivity index (χ4v) is 3.19. The SMILES string of the molecule is CS(=O)(=O)NCC1COCCN1C(=O)Nc1nccn1-c1ccccc1. The van der Waals surface area contributed by atoms with Gasteiger partial charge in [-0.2, -0.15) is 0 Å². The molecule has 9 nitrogen and oxygen atoms in total. The lowest BCUT2D eigenvalue weighted by atomic mass is 10.2. The highest BCUT2D eigenvalue weighted by Gasteiger charge is 2.28. The average Bonchev–Trinajstić information content (AvgIpc) is 3.08. The normalized spacial score (nSPS) is 17.9. The minimum Gasteiger partial charge on any atom is -0.377 e. The summed E-state index contributed by atoms with van der Waals surface area (Å²) < 4.78 is 32.2. The van der Waals surface area contributed by atoms with Gasteiger partial charge in [0.15, 0.2) is 0 Å². The third-order valence-corrected chi connectivity index (χ3v) is 4.65. The number of nitrogens with zero attached hydrogens (tertiary/aromatic N) is 3. The van der Waals surface area contributed by atoms with E-state index in [1.165, 1.54) is 0 Å². The Bertz CT molecular complexity index is 853. The van der Waals surface area contributed by atoms with Crippen molar-refractivity contribution in [3.05, 3.63) is 42.7 Å². The van der Waals surface area contributed by atoms with E-state index >= 15 is 0 Å². The van der Waals surface area contributed by atoms with Gasteiger partial charge in [-0.15, -0.1) is 0 Å². The van der Waals surface area contributed by atoms with E-state index < -0.39 is 16.1 Å². The first-order valence-corrected chi connectivity index (χ1v) is 10.0. The number of imidazole rings is 1. The van der Waals surface area contributed by atoms with Crippen molar-refractivity contribution in [3.63, 3.8) is 0 Å². The molecule has 2 heterocycles. The number of hydrogen-bond donors (Lipinski definition) is 2. The first kappa shape index (κ1) is 18.4. The lowest BCUT2D eigenvalue weighted by Gasteiger charge is -2.35. The molecule has 1 aliphatic rings. The fourth-order valence-electron chi connectivity index (χ4n) is 2.70. The van der Waals surface area contributed by atoms with Gasteiger partial charge in [-0.3, -0.25) is 9.88 Å². The van der Waals surface area contributed by atoms with E-state index in [1.54, 1.807) is 21.9 Å². The summed E-state index contributed by atoms with van der Waals surface area (Å²) in [5.74, 6) is 0.391. The Morgan fingerprint density at radius 1 is 1.35 bits per heavy atom. The van der Waals surface area contributed by atoms with Crippen molar-refractivity contribution < 1.29 is 17.9 Å². The number of rotatable bonds is 5. The number of carbonyl (C=O) groups is 1. The summed E-state index contributed by atoms with van der Waals surface area (Å²) in [6, 6.07) is 8.78. The Balaban J connectivity index is 1.72. The first-order chi connectivity index (χ1) is 12.4. The summed E-state index contributed by atoms with van der Waals surface area (Å²) in [7, 11) is -3.35. The van der Waals surface area contributed by atoms with Gasteiger partial charge in [0.2, 0.25) is 16.0 Å². The number of hydrogen-bond acceptors (Lipinski definition) is 5. The van der Waals surface area contributed by atoms with Crippen LogP contribution in [-0.2, 0) is 14.8 Å². The van der Waals surface area contributed by atoms with Crippen molar-refractivity contribution in [1.82, 2.24) is 19.2 Å². The summed E-state index contributed by atoms with van der Waals surface area (Å²) >= 11 is 0. The molecular formula is C16H21N5O4S. The molecule has 1 atom stereocenters. The van der Waals surface area contributed by atoms with Crippen molar-refractivity contribution in [1.29, 1.82) is 0 Å². The fraction of sp³-hybridized carbons (Fsp3) is 0.375. The van der Waals surface area contributed by atoms with Gasteiger partial charge in [0.05, 0.1) is 25.5 Å². The highest BCUT2D eigenvalue weighted by atomic mass is 32.2. The van der Waals surface area contributed by atoms with Gasteiger partial charge >= 0.3 is 6.03 Å². The molecule has 10 heteroatoms. The van der Waals surface area contributed by atoms with E-state index in [-0.39, 0.29) is 19.2 Å². The van der Waals surface area contributed by atoms with Crippen LogP contribution in [0.4, 0.5) is 10.7 Å². The van der Waals surface area contributed by atoms with Crippen LogP contribution in [0.1, 0.15) is 0 Å². The third-order valence-electron chi connectivity index (χ3n) is 3.96. The molecule has 3 rings (SSSR count). The molecule has 1 aromatic carbocycles. The molecule has 0 radical (unpaired) electrons. The second-order valence-electron chi connectivity index (χ2n) is 5.93. The smallest absolute Gasteiger partial charge is 0.324 e. The maximum atomic E-state index is 12.7. The molecule has 26 heavy (non-hydrogen) atoms. The van der Waals surface area contributed by atoms with Crippen LogP contribution in [-0.4, -0.2) is 67.5 Å². The summed E-state index contributed by atoms with van der Waals surface area (Å²) in [4.78, 5) is 18.5. The Morgan fingerprint density at radius 3 is 2.85 bits per heavy atom. The van der Waals surface area contributed by atoms with Crippen molar-refractivity contribution in [2.45, 2.75) is 6.04 Å². The Labute approximate surface area is 152 Å². The minimum atomic E-state index is -3.35. The van der Waals surface area contributed by atoms with E-state index in [4.69, 9.17) is 4.74 Å². The number of carbonyl (C=O) groups excluding carboxylic acids is 1. The number of sulfonamides is 1. The third kappa shape index (κ3) is 4.59. The molecule has 0 spiro atoms. The number of ether oxygens (including phenoxy) is 1.